The Labute approximate surface area is 88.8 Å². The number of methoxy groups -OCH3 is 2. The monoisotopic (exact) mass is 212 g/mol. The lowest BCUT2D eigenvalue weighted by Crippen LogP contribution is -2.10. The fourth-order valence-electron chi connectivity index (χ4n) is 1.73. The van der Waals surface area contributed by atoms with Crippen molar-refractivity contribution in [1.82, 2.24) is 0 Å². The minimum atomic E-state index is -0.143. The van der Waals surface area contributed by atoms with E-state index in [4.69, 9.17) is 21.1 Å². The maximum absolute atomic E-state index is 5.95. The van der Waals surface area contributed by atoms with Gasteiger partial charge in [0.05, 0.1) is 12.7 Å². The maximum Gasteiger partial charge on any atom is 0.125 e. The SMILES string of the molecule is COc1ccc(Cl)cc1C1(OC)CC1. The first-order valence-corrected chi connectivity index (χ1v) is 4.99. The van der Waals surface area contributed by atoms with Crippen LogP contribution in [0.5, 0.6) is 5.75 Å². The van der Waals surface area contributed by atoms with E-state index in [1.165, 1.54) is 0 Å². The number of hydrogen-bond acceptors (Lipinski definition) is 2. The molecule has 1 aromatic carbocycles. The van der Waals surface area contributed by atoms with E-state index >= 15 is 0 Å². The van der Waals surface area contributed by atoms with Gasteiger partial charge in [-0.05, 0) is 31.0 Å². The molecular formula is C11H13ClO2. The van der Waals surface area contributed by atoms with Crippen molar-refractivity contribution < 1.29 is 9.47 Å². The normalized spacial score (nSPS) is 17.9. The highest BCUT2D eigenvalue weighted by Gasteiger charge is 2.46. The molecule has 0 bridgehead atoms. The summed E-state index contributed by atoms with van der Waals surface area (Å²) in [6, 6.07) is 5.64. The van der Waals surface area contributed by atoms with E-state index in [0.29, 0.717) is 0 Å². The summed E-state index contributed by atoms with van der Waals surface area (Å²) in [5, 5.41) is 0.726. The molecule has 2 nitrogen and oxygen atoms in total. The van der Waals surface area contributed by atoms with Gasteiger partial charge in [0.25, 0.3) is 0 Å². The van der Waals surface area contributed by atoms with Crippen molar-refractivity contribution >= 4 is 11.6 Å². The number of hydrogen-bond donors (Lipinski definition) is 0. The maximum atomic E-state index is 5.95. The number of halogens is 1. The molecule has 0 aromatic heterocycles. The Morgan fingerprint density at radius 3 is 2.50 bits per heavy atom. The molecule has 0 atom stereocenters. The predicted molar refractivity (Wildman–Crippen MR) is 55.9 cm³/mol. The highest BCUT2D eigenvalue weighted by molar-refractivity contribution is 6.30. The molecule has 1 aliphatic carbocycles. The third-order valence-electron chi connectivity index (χ3n) is 2.75. The summed E-state index contributed by atoms with van der Waals surface area (Å²) in [5.41, 5.74) is 0.922. The minimum absolute atomic E-state index is 0.143. The Bertz CT molecular complexity index is 345. The second-order valence-electron chi connectivity index (χ2n) is 3.54. The molecule has 14 heavy (non-hydrogen) atoms. The highest BCUT2D eigenvalue weighted by Crippen LogP contribution is 2.52. The quantitative estimate of drug-likeness (QED) is 0.767. The van der Waals surface area contributed by atoms with Crippen molar-refractivity contribution in [2.24, 2.45) is 0 Å². The zero-order valence-electron chi connectivity index (χ0n) is 8.34. The molecule has 1 fully saturated rings. The molecular weight excluding hydrogens is 200 g/mol. The van der Waals surface area contributed by atoms with E-state index < -0.39 is 0 Å². The zero-order chi connectivity index (χ0) is 10.2. The predicted octanol–water partition coefficient (Wildman–Crippen LogP) is 2.98. The van der Waals surface area contributed by atoms with E-state index in [2.05, 4.69) is 0 Å². The Morgan fingerprint density at radius 2 is 2.00 bits per heavy atom. The summed E-state index contributed by atoms with van der Waals surface area (Å²) < 4.78 is 10.8. The fraction of sp³-hybridized carbons (Fsp3) is 0.455. The Kier molecular flexibility index (Phi) is 2.41. The molecule has 0 radical (unpaired) electrons. The van der Waals surface area contributed by atoms with E-state index in [1.54, 1.807) is 14.2 Å². The van der Waals surface area contributed by atoms with Crippen LogP contribution in [0.4, 0.5) is 0 Å². The van der Waals surface area contributed by atoms with Gasteiger partial charge in [0, 0.05) is 17.7 Å². The largest absolute Gasteiger partial charge is 0.496 e. The van der Waals surface area contributed by atoms with Crippen molar-refractivity contribution in [3.05, 3.63) is 28.8 Å². The van der Waals surface area contributed by atoms with Gasteiger partial charge in [-0.2, -0.15) is 0 Å². The van der Waals surface area contributed by atoms with Crippen LogP contribution in [-0.2, 0) is 10.3 Å². The van der Waals surface area contributed by atoms with Crippen LogP contribution in [-0.4, -0.2) is 14.2 Å². The third-order valence-corrected chi connectivity index (χ3v) is 2.98. The van der Waals surface area contributed by atoms with Gasteiger partial charge >= 0.3 is 0 Å². The van der Waals surface area contributed by atoms with Crippen LogP contribution >= 0.6 is 11.6 Å². The molecule has 0 aliphatic heterocycles. The van der Waals surface area contributed by atoms with Crippen LogP contribution < -0.4 is 4.74 Å². The van der Waals surface area contributed by atoms with Crippen molar-refractivity contribution in [3.63, 3.8) is 0 Å². The summed E-state index contributed by atoms with van der Waals surface area (Å²) in [4.78, 5) is 0. The first-order chi connectivity index (χ1) is 6.72. The first kappa shape index (κ1) is 9.81. The lowest BCUT2D eigenvalue weighted by atomic mass is 10.1. The topological polar surface area (TPSA) is 18.5 Å². The van der Waals surface area contributed by atoms with Gasteiger partial charge in [-0.1, -0.05) is 11.6 Å². The molecule has 0 heterocycles. The van der Waals surface area contributed by atoms with E-state index in [0.717, 1.165) is 29.2 Å². The van der Waals surface area contributed by atoms with Crippen LogP contribution in [0.3, 0.4) is 0 Å². The average Bonchev–Trinajstić information content (AvgIpc) is 2.98. The standard InChI is InChI=1S/C11H13ClO2/c1-13-10-4-3-8(12)7-9(10)11(14-2)5-6-11/h3-4,7H,5-6H2,1-2H3. The number of benzene rings is 1. The smallest absolute Gasteiger partial charge is 0.125 e. The first-order valence-electron chi connectivity index (χ1n) is 4.61. The number of rotatable bonds is 3. The summed E-state index contributed by atoms with van der Waals surface area (Å²) in [6.07, 6.45) is 2.08. The Morgan fingerprint density at radius 1 is 1.29 bits per heavy atom. The van der Waals surface area contributed by atoms with Gasteiger partial charge in [0.1, 0.15) is 5.75 Å². The molecule has 1 aliphatic rings. The van der Waals surface area contributed by atoms with Crippen molar-refractivity contribution in [3.8, 4) is 5.75 Å². The van der Waals surface area contributed by atoms with Gasteiger partial charge in [-0.15, -0.1) is 0 Å². The summed E-state index contributed by atoms with van der Waals surface area (Å²) in [6.45, 7) is 0. The van der Waals surface area contributed by atoms with Crippen LogP contribution in [0.2, 0.25) is 5.02 Å². The Balaban J connectivity index is 2.44. The van der Waals surface area contributed by atoms with Crippen molar-refractivity contribution in [2.45, 2.75) is 18.4 Å². The molecule has 3 heteroatoms. The Hall–Kier alpha value is -0.730. The lowest BCUT2D eigenvalue weighted by Gasteiger charge is -2.17. The van der Waals surface area contributed by atoms with Gasteiger partial charge < -0.3 is 9.47 Å². The van der Waals surface area contributed by atoms with E-state index in [1.807, 2.05) is 18.2 Å². The van der Waals surface area contributed by atoms with Gasteiger partial charge in [-0.3, -0.25) is 0 Å². The average molecular weight is 213 g/mol. The second kappa shape index (κ2) is 3.44. The third kappa shape index (κ3) is 1.49. The van der Waals surface area contributed by atoms with Crippen LogP contribution in [0.1, 0.15) is 18.4 Å². The molecule has 1 saturated carbocycles. The molecule has 76 valence electrons. The molecule has 0 amide bonds. The van der Waals surface area contributed by atoms with Crippen molar-refractivity contribution in [1.29, 1.82) is 0 Å². The summed E-state index contributed by atoms with van der Waals surface area (Å²) >= 11 is 5.95. The summed E-state index contributed by atoms with van der Waals surface area (Å²) in [5.74, 6) is 0.855. The number of ether oxygens (including phenoxy) is 2. The molecule has 0 N–H and O–H groups in total. The molecule has 1 aromatic rings. The highest BCUT2D eigenvalue weighted by atomic mass is 35.5. The van der Waals surface area contributed by atoms with E-state index in [9.17, 15) is 0 Å². The van der Waals surface area contributed by atoms with E-state index in [-0.39, 0.29) is 5.60 Å². The van der Waals surface area contributed by atoms with Crippen LogP contribution in [0.25, 0.3) is 0 Å². The molecule has 2 rings (SSSR count). The van der Waals surface area contributed by atoms with Gasteiger partial charge in [0.15, 0.2) is 0 Å². The fourth-order valence-corrected chi connectivity index (χ4v) is 1.91. The van der Waals surface area contributed by atoms with Crippen LogP contribution in [0, 0.1) is 0 Å². The lowest BCUT2D eigenvalue weighted by molar-refractivity contribution is 0.0766. The van der Waals surface area contributed by atoms with Crippen molar-refractivity contribution in [2.75, 3.05) is 14.2 Å². The molecule has 0 spiro atoms. The minimum Gasteiger partial charge on any atom is -0.496 e. The zero-order valence-corrected chi connectivity index (χ0v) is 9.10. The molecule has 0 saturated heterocycles. The molecule has 0 unspecified atom stereocenters. The van der Waals surface area contributed by atoms with Gasteiger partial charge in [0.2, 0.25) is 0 Å². The van der Waals surface area contributed by atoms with Crippen LogP contribution in [0.15, 0.2) is 18.2 Å². The summed E-state index contributed by atoms with van der Waals surface area (Å²) in [7, 11) is 3.39. The van der Waals surface area contributed by atoms with Gasteiger partial charge in [-0.25, -0.2) is 0 Å². The second-order valence-corrected chi connectivity index (χ2v) is 3.98.